The van der Waals surface area contributed by atoms with Gasteiger partial charge in [-0.15, -0.1) is 0 Å². The van der Waals surface area contributed by atoms with Gasteiger partial charge in [0.15, 0.2) is 0 Å². The molecule has 3 nitrogen and oxygen atoms in total. The van der Waals surface area contributed by atoms with E-state index in [0.717, 1.165) is 4.90 Å². The molecule has 1 aromatic rings. The predicted octanol–water partition coefficient (Wildman–Crippen LogP) is 3.00. The van der Waals surface area contributed by atoms with Crippen LogP contribution in [0.5, 0.6) is 0 Å². The average Bonchev–Trinajstić information content (AvgIpc) is 2.16. The molecule has 0 atom stereocenters. The lowest BCUT2D eigenvalue weighted by Gasteiger charge is -2.22. The number of nitrogens with zero attached hydrogens (tertiary/aromatic N) is 3. The highest BCUT2D eigenvalue weighted by Gasteiger charge is 2.31. The molecule has 90 valence electrons. The molecular weight excluding hydrogens is 355 g/mol. The summed E-state index contributed by atoms with van der Waals surface area (Å²) >= 11 is 6.22. The Hall–Kier alpha value is -0.370. The topological polar surface area (TPSA) is 29.0 Å². The maximum absolute atomic E-state index is 12.3. The van der Waals surface area contributed by atoms with Crippen molar-refractivity contribution in [2.45, 2.75) is 6.18 Å². The molecule has 0 amide bonds. The quantitative estimate of drug-likeness (QED) is 0.771. The molecule has 0 saturated carbocycles. The maximum Gasteiger partial charge on any atom is 0.406 e. The fourth-order valence-electron chi connectivity index (χ4n) is 1.04. The third-order valence-electron chi connectivity index (χ3n) is 1.61. The van der Waals surface area contributed by atoms with Crippen molar-refractivity contribution in [2.24, 2.45) is 0 Å². The molecule has 1 aromatic heterocycles. The maximum atomic E-state index is 12.3. The first-order valence-electron chi connectivity index (χ1n) is 4.27. The Morgan fingerprint density at radius 2 is 1.81 bits per heavy atom. The first-order valence-corrected chi connectivity index (χ1v) is 6.19. The lowest BCUT2D eigenvalue weighted by atomic mass is 10.5. The molecule has 0 radical (unpaired) electrons. The van der Waals surface area contributed by atoms with Gasteiger partial charge in [-0.1, -0.05) is 15.9 Å². The molecule has 16 heavy (non-hydrogen) atoms. The van der Waals surface area contributed by atoms with Crippen molar-refractivity contribution in [1.82, 2.24) is 9.97 Å². The molecule has 0 unspecified atom stereocenters. The zero-order chi connectivity index (χ0) is 12.2. The first kappa shape index (κ1) is 13.7. The molecule has 0 spiro atoms. The van der Waals surface area contributed by atoms with E-state index in [1.54, 1.807) is 0 Å². The molecule has 0 aliphatic rings. The molecule has 1 heterocycles. The van der Waals surface area contributed by atoms with Gasteiger partial charge in [-0.25, -0.2) is 9.97 Å². The molecule has 0 bridgehead atoms. The van der Waals surface area contributed by atoms with E-state index in [-0.39, 0.29) is 12.5 Å². The Labute approximate surface area is 107 Å². The van der Waals surface area contributed by atoms with E-state index in [1.165, 1.54) is 12.4 Å². The van der Waals surface area contributed by atoms with Crippen molar-refractivity contribution in [1.29, 1.82) is 0 Å². The molecule has 8 heteroatoms. The van der Waals surface area contributed by atoms with E-state index >= 15 is 0 Å². The molecular formula is C8H8Br2F3N3. The summed E-state index contributed by atoms with van der Waals surface area (Å²) < 4.78 is 37.4. The van der Waals surface area contributed by atoms with Gasteiger partial charge in [0.25, 0.3) is 0 Å². The summed E-state index contributed by atoms with van der Waals surface area (Å²) in [6.07, 6.45) is -1.43. The van der Waals surface area contributed by atoms with Crippen LogP contribution < -0.4 is 4.90 Å². The van der Waals surface area contributed by atoms with Crippen molar-refractivity contribution in [3.05, 3.63) is 16.9 Å². The normalized spacial score (nSPS) is 11.6. The zero-order valence-electron chi connectivity index (χ0n) is 8.01. The molecule has 0 aliphatic carbocycles. The monoisotopic (exact) mass is 361 g/mol. The van der Waals surface area contributed by atoms with Crippen molar-refractivity contribution >= 4 is 37.8 Å². The van der Waals surface area contributed by atoms with Gasteiger partial charge in [0.05, 0.1) is 4.47 Å². The Kier molecular flexibility index (Phi) is 4.97. The van der Waals surface area contributed by atoms with Crippen LogP contribution in [0.3, 0.4) is 0 Å². The first-order chi connectivity index (χ1) is 7.42. The van der Waals surface area contributed by atoms with Gasteiger partial charge in [-0.05, 0) is 15.9 Å². The van der Waals surface area contributed by atoms with Crippen molar-refractivity contribution in [2.75, 3.05) is 23.3 Å². The number of hydrogen-bond donors (Lipinski definition) is 0. The zero-order valence-corrected chi connectivity index (χ0v) is 11.2. The second-order valence-electron chi connectivity index (χ2n) is 2.93. The van der Waals surface area contributed by atoms with E-state index in [9.17, 15) is 13.2 Å². The summed E-state index contributed by atoms with van der Waals surface area (Å²) in [7, 11) is 0. The predicted molar refractivity (Wildman–Crippen MR) is 61.8 cm³/mol. The highest BCUT2D eigenvalue weighted by atomic mass is 79.9. The number of rotatable bonds is 4. The lowest BCUT2D eigenvalue weighted by Crippen LogP contribution is -2.36. The Morgan fingerprint density at radius 3 is 2.25 bits per heavy atom. The summed E-state index contributed by atoms with van der Waals surface area (Å²) in [5.74, 6) is 0.0694. The van der Waals surface area contributed by atoms with Crippen LogP contribution in [0.15, 0.2) is 16.9 Å². The van der Waals surface area contributed by atoms with Crippen LogP contribution in [0, 0.1) is 0 Å². The van der Waals surface area contributed by atoms with E-state index in [1.807, 2.05) is 0 Å². The SMILES string of the molecule is FC(F)(F)CN(CCBr)c1ncc(Br)cn1. The third kappa shape index (κ3) is 4.65. The van der Waals surface area contributed by atoms with Gasteiger partial charge in [-0.2, -0.15) is 13.2 Å². The summed E-state index contributed by atoms with van der Waals surface area (Å²) in [4.78, 5) is 8.73. The van der Waals surface area contributed by atoms with Crippen LogP contribution in [-0.4, -0.2) is 34.6 Å². The smallest absolute Gasteiger partial charge is 0.331 e. The molecule has 0 saturated heterocycles. The van der Waals surface area contributed by atoms with Gasteiger partial charge in [0, 0.05) is 24.3 Å². The standard InChI is InChI=1S/C8H8Br2F3N3/c9-1-2-16(5-8(11,12)13)7-14-3-6(10)4-15-7/h3-4H,1-2,5H2. The van der Waals surface area contributed by atoms with Crippen molar-refractivity contribution in [3.63, 3.8) is 0 Å². The Bertz CT molecular complexity index is 328. The number of anilines is 1. The highest BCUT2D eigenvalue weighted by Crippen LogP contribution is 2.20. The largest absolute Gasteiger partial charge is 0.406 e. The van der Waals surface area contributed by atoms with Gasteiger partial charge in [0.1, 0.15) is 6.54 Å². The van der Waals surface area contributed by atoms with Gasteiger partial charge >= 0.3 is 6.18 Å². The highest BCUT2D eigenvalue weighted by molar-refractivity contribution is 9.10. The van der Waals surface area contributed by atoms with Crippen molar-refractivity contribution in [3.8, 4) is 0 Å². The van der Waals surface area contributed by atoms with E-state index in [4.69, 9.17) is 0 Å². The van der Waals surface area contributed by atoms with Crippen LogP contribution in [0.25, 0.3) is 0 Å². The van der Waals surface area contributed by atoms with Crippen LogP contribution in [0.1, 0.15) is 0 Å². The Balaban J connectivity index is 2.80. The van der Waals surface area contributed by atoms with E-state index in [0.29, 0.717) is 9.80 Å². The summed E-state index contributed by atoms with van der Waals surface area (Å²) in [6.45, 7) is -0.860. The number of aromatic nitrogens is 2. The summed E-state index contributed by atoms with van der Waals surface area (Å²) in [5, 5.41) is 0.419. The van der Waals surface area contributed by atoms with Crippen LogP contribution in [-0.2, 0) is 0 Å². The van der Waals surface area contributed by atoms with Gasteiger partial charge < -0.3 is 4.90 Å². The second-order valence-corrected chi connectivity index (χ2v) is 4.64. The Morgan fingerprint density at radius 1 is 1.25 bits per heavy atom. The molecule has 0 aromatic carbocycles. The fraction of sp³-hybridized carbons (Fsp3) is 0.500. The van der Waals surface area contributed by atoms with E-state index in [2.05, 4.69) is 41.8 Å². The lowest BCUT2D eigenvalue weighted by molar-refractivity contribution is -0.119. The van der Waals surface area contributed by atoms with Gasteiger partial charge in [0.2, 0.25) is 5.95 Å². The minimum Gasteiger partial charge on any atom is -0.331 e. The minimum absolute atomic E-state index is 0.0694. The number of alkyl halides is 4. The summed E-state index contributed by atoms with van der Waals surface area (Å²) in [5.41, 5.74) is 0. The molecule has 0 N–H and O–H groups in total. The van der Waals surface area contributed by atoms with Crippen molar-refractivity contribution < 1.29 is 13.2 Å². The number of halogens is 5. The molecule has 0 aliphatic heterocycles. The van der Waals surface area contributed by atoms with Crippen LogP contribution in [0.4, 0.5) is 19.1 Å². The molecule has 1 rings (SSSR count). The average molecular weight is 363 g/mol. The molecule has 0 fully saturated rings. The number of hydrogen-bond acceptors (Lipinski definition) is 3. The van der Waals surface area contributed by atoms with Crippen LogP contribution in [0.2, 0.25) is 0 Å². The van der Waals surface area contributed by atoms with Gasteiger partial charge in [-0.3, -0.25) is 0 Å². The van der Waals surface area contributed by atoms with E-state index < -0.39 is 12.7 Å². The minimum atomic E-state index is -4.27. The second kappa shape index (κ2) is 5.81. The summed E-state index contributed by atoms with van der Waals surface area (Å²) in [6, 6.07) is 0. The fourth-order valence-corrected chi connectivity index (χ4v) is 1.67. The van der Waals surface area contributed by atoms with Crippen LogP contribution >= 0.6 is 31.9 Å². The third-order valence-corrected chi connectivity index (χ3v) is 2.38.